The van der Waals surface area contributed by atoms with Crippen molar-refractivity contribution in [1.82, 2.24) is 5.32 Å². The molecule has 0 spiro atoms. The van der Waals surface area contributed by atoms with E-state index in [1.54, 1.807) is 32.2 Å². The van der Waals surface area contributed by atoms with Crippen molar-refractivity contribution in [2.45, 2.75) is 45.7 Å². The summed E-state index contributed by atoms with van der Waals surface area (Å²) < 4.78 is 5.30. The van der Waals surface area contributed by atoms with E-state index in [1.807, 2.05) is 13.8 Å². The van der Waals surface area contributed by atoms with Crippen LogP contribution in [0.15, 0.2) is 22.8 Å². The van der Waals surface area contributed by atoms with E-state index in [9.17, 15) is 9.90 Å². The second kappa shape index (κ2) is 5.75. The Bertz CT molecular complexity index is 414. The lowest BCUT2D eigenvalue weighted by atomic mass is 9.77. The molecular formula is C14H24N2O3. The number of hydrogen-bond acceptors (Lipinski definition) is 4. The van der Waals surface area contributed by atoms with Crippen molar-refractivity contribution in [3.63, 3.8) is 0 Å². The Hall–Kier alpha value is -1.33. The fourth-order valence-electron chi connectivity index (χ4n) is 1.79. The smallest absolute Gasteiger partial charge is 0.228 e. The molecule has 0 radical (unpaired) electrons. The van der Waals surface area contributed by atoms with Crippen molar-refractivity contribution >= 4 is 5.91 Å². The first-order valence-electron chi connectivity index (χ1n) is 6.49. The Kier molecular flexibility index (Phi) is 4.76. The summed E-state index contributed by atoms with van der Waals surface area (Å²) in [6.07, 6.45) is 2.11. The molecule has 5 heteroatoms. The maximum atomic E-state index is 12.5. The van der Waals surface area contributed by atoms with E-state index in [-0.39, 0.29) is 12.5 Å². The molecule has 2 atom stereocenters. The Labute approximate surface area is 114 Å². The Morgan fingerprint density at radius 1 is 1.53 bits per heavy atom. The highest BCUT2D eigenvalue weighted by atomic mass is 16.3. The van der Waals surface area contributed by atoms with Crippen LogP contribution in [0.1, 0.15) is 45.9 Å². The average molecular weight is 268 g/mol. The van der Waals surface area contributed by atoms with Gasteiger partial charge in [0.05, 0.1) is 29.9 Å². The molecule has 0 aromatic carbocycles. The lowest BCUT2D eigenvalue weighted by molar-refractivity contribution is -0.134. The molecule has 108 valence electrons. The lowest BCUT2D eigenvalue weighted by Gasteiger charge is -2.35. The van der Waals surface area contributed by atoms with Gasteiger partial charge in [-0.1, -0.05) is 6.92 Å². The number of furan rings is 1. The molecule has 1 aromatic heterocycles. The van der Waals surface area contributed by atoms with E-state index in [0.29, 0.717) is 12.2 Å². The summed E-state index contributed by atoms with van der Waals surface area (Å²) in [7, 11) is 0. The van der Waals surface area contributed by atoms with Crippen LogP contribution in [0.3, 0.4) is 0 Å². The van der Waals surface area contributed by atoms with E-state index in [2.05, 4.69) is 5.32 Å². The van der Waals surface area contributed by atoms with Crippen molar-refractivity contribution in [2.24, 2.45) is 11.1 Å². The average Bonchev–Trinajstić information content (AvgIpc) is 2.90. The SMILES string of the molecule is CCC(C)(C(=O)NC(C)(C)CO)C(N)c1ccco1. The maximum Gasteiger partial charge on any atom is 0.228 e. The highest BCUT2D eigenvalue weighted by Gasteiger charge is 2.41. The van der Waals surface area contributed by atoms with Crippen LogP contribution in [0.4, 0.5) is 0 Å². The van der Waals surface area contributed by atoms with Crippen molar-refractivity contribution in [2.75, 3.05) is 6.61 Å². The number of aliphatic hydroxyl groups is 1. The summed E-state index contributed by atoms with van der Waals surface area (Å²) in [5, 5.41) is 12.1. The van der Waals surface area contributed by atoms with Crippen LogP contribution in [0, 0.1) is 5.41 Å². The number of amides is 1. The van der Waals surface area contributed by atoms with E-state index < -0.39 is 17.0 Å². The summed E-state index contributed by atoms with van der Waals surface area (Å²) in [5.74, 6) is 0.402. The standard InChI is InChI=1S/C14H24N2O3/c1-5-14(4,11(15)10-7-6-8-19-10)12(18)16-13(2,3)9-17/h6-8,11,17H,5,9,15H2,1-4H3,(H,16,18). The molecule has 1 amide bonds. The van der Waals surface area contributed by atoms with Crippen LogP contribution in [-0.2, 0) is 4.79 Å². The first-order chi connectivity index (χ1) is 8.77. The Balaban J connectivity index is 2.94. The van der Waals surface area contributed by atoms with Crippen LogP contribution < -0.4 is 11.1 Å². The Morgan fingerprint density at radius 2 is 2.16 bits per heavy atom. The van der Waals surface area contributed by atoms with Gasteiger partial charge < -0.3 is 20.6 Å². The minimum absolute atomic E-state index is 0.130. The first-order valence-corrected chi connectivity index (χ1v) is 6.49. The largest absolute Gasteiger partial charge is 0.468 e. The molecule has 0 bridgehead atoms. The first kappa shape index (κ1) is 15.7. The molecule has 0 saturated carbocycles. The molecule has 0 aliphatic heterocycles. The van der Waals surface area contributed by atoms with Gasteiger partial charge in [0.15, 0.2) is 0 Å². The molecule has 0 fully saturated rings. The molecule has 2 unspecified atom stereocenters. The molecule has 5 nitrogen and oxygen atoms in total. The number of rotatable bonds is 6. The molecule has 19 heavy (non-hydrogen) atoms. The second-order valence-electron chi connectivity index (χ2n) is 5.76. The van der Waals surface area contributed by atoms with E-state index in [1.165, 1.54) is 0 Å². The van der Waals surface area contributed by atoms with Crippen molar-refractivity contribution in [1.29, 1.82) is 0 Å². The van der Waals surface area contributed by atoms with Crippen LogP contribution in [0.25, 0.3) is 0 Å². The number of carbonyl (C=O) groups is 1. The fraction of sp³-hybridized carbons (Fsp3) is 0.643. The maximum absolute atomic E-state index is 12.5. The third kappa shape index (κ3) is 3.36. The van der Waals surface area contributed by atoms with Gasteiger partial charge >= 0.3 is 0 Å². The lowest BCUT2D eigenvalue weighted by Crippen LogP contribution is -2.54. The molecule has 0 aliphatic rings. The number of carbonyl (C=O) groups excluding carboxylic acids is 1. The predicted octanol–water partition coefficient (Wildman–Crippen LogP) is 1.58. The zero-order valence-corrected chi connectivity index (χ0v) is 12.1. The predicted molar refractivity (Wildman–Crippen MR) is 73.3 cm³/mol. The number of nitrogens with two attached hydrogens (primary N) is 1. The number of hydrogen-bond donors (Lipinski definition) is 3. The number of nitrogens with one attached hydrogen (secondary N) is 1. The van der Waals surface area contributed by atoms with Gasteiger partial charge in [-0.3, -0.25) is 4.79 Å². The zero-order valence-electron chi connectivity index (χ0n) is 12.1. The minimum Gasteiger partial charge on any atom is -0.468 e. The van der Waals surface area contributed by atoms with Crippen molar-refractivity contribution < 1.29 is 14.3 Å². The van der Waals surface area contributed by atoms with E-state index >= 15 is 0 Å². The van der Waals surface area contributed by atoms with Gasteiger partial charge in [0, 0.05) is 0 Å². The van der Waals surface area contributed by atoms with Crippen LogP contribution in [0.2, 0.25) is 0 Å². The molecule has 1 heterocycles. The molecule has 1 aromatic rings. The summed E-state index contributed by atoms with van der Waals surface area (Å²) >= 11 is 0. The van der Waals surface area contributed by atoms with Gasteiger partial charge in [-0.25, -0.2) is 0 Å². The van der Waals surface area contributed by atoms with Crippen molar-refractivity contribution in [3.05, 3.63) is 24.2 Å². The monoisotopic (exact) mass is 268 g/mol. The molecular weight excluding hydrogens is 244 g/mol. The quantitative estimate of drug-likeness (QED) is 0.731. The molecule has 4 N–H and O–H groups in total. The summed E-state index contributed by atoms with van der Waals surface area (Å²) in [6.45, 7) is 7.12. The van der Waals surface area contributed by atoms with E-state index in [0.717, 1.165) is 0 Å². The molecule has 0 saturated heterocycles. The third-order valence-electron chi connectivity index (χ3n) is 3.64. The summed E-state index contributed by atoms with van der Waals surface area (Å²) in [4.78, 5) is 12.5. The number of aliphatic hydroxyl groups excluding tert-OH is 1. The van der Waals surface area contributed by atoms with E-state index in [4.69, 9.17) is 10.2 Å². The van der Waals surface area contributed by atoms with Gasteiger partial charge in [0.1, 0.15) is 5.76 Å². The highest BCUT2D eigenvalue weighted by molar-refractivity contribution is 5.83. The van der Waals surface area contributed by atoms with Crippen molar-refractivity contribution in [3.8, 4) is 0 Å². The topological polar surface area (TPSA) is 88.5 Å². The second-order valence-corrected chi connectivity index (χ2v) is 5.76. The summed E-state index contributed by atoms with van der Waals surface area (Å²) in [6, 6.07) is 2.99. The van der Waals surface area contributed by atoms with Gasteiger partial charge in [-0.05, 0) is 39.3 Å². The van der Waals surface area contributed by atoms with Gasteiger partial charge in [0.25, 0.3) is 0 Å². The zero-order chi connectivity index (χ0) is 14.7. The van der Waals surface area contributed by atoms with Gasteiger partial charge in [0.2, 0.25) is 5.91 Å². The molecule has 1 rings (SSSR count). The van der Waals surface area contributed by atoms with Crippen LogP contribution >= 0.6 is 0 Å². The normalized spacial score (nSPS) is 16.7. The highest BCUT2D eigenvalue weighted by Crippen LogP contribution is 2.35. The van der Waals surface area contributed by atoms with Crippen LogP contribution in [-0.4, -0.2) is 23.2 Å². The van der Waals surface area contributed by atoms with Crippen LogP contribution in [0.5, 0.6) is 0 Å². The fourth-order valence-corrected chi connectivity index (χ4v) is 1.79. The third-order valence-corrected chi connectivity index (χ3v) is 3.64. The minimum atomic E-state index is -0.787. The Morgan fingerprint density at radius 3 is 2.58 bits per heavy atom. The van der Waals surface area contributed by atoms with Gasteiger partial charge in [-0.2, -0.15) is 0 Å². The molecule has 0 aliphatic carbocycles. The summed E-state index contributed by atoms with van der Waals surface area (Å²) in [5.41, 5.74) is 4.71. The van der Waals surface area contributed by atoms with Gasteiger partial charge in [-0.15, -0.1) is 0 Å².